The Hall–Kier alpha value is -19.3. The third-order valence-electron chi connectivity index (χ3n) is 19.4. The highest BCUT2D eigenvalue weighted by Gasteiger charge is 2.20. The molecule has 8 N–H and O–H groups in total. The molecule has 0 radical (unpaired) electrons. The largest absolute Gasteiger partial charge is 0.324 e. The zero-order valence-corrected chi connectivity index (χ0v) is 76.9. The van der Waals surface area contributed by atoms with Crippen LogP contribution in [0.5, 0.6) is 0 Å². The molecule has 0 fully saturated rings. The molecule has 0 bridgehead atoms. The summed E-state index contributed by atoms with van der Waals surface area (Å²) in [6, 6.07) is -7.94. The van der Waals surface area contributed by atoms with Gasteiger partial charge in [0.25, 0.3) is 23.6 Å². The van der Waals surface area contributed by atoms with Gasteiger partial charge in [0.1, 0.15) is 0 Å². The number of hydrogen-bond donors (Lipinski definition) is 8. The van der Waals surface area contributed by atoms with Crippen LogP contribution in [-0.4, -0.2) is 112 Å². The zero-order chi connectivity index (χ0) is 142. The van der Waals surface area contributed by atoms with Crippen LogP contribution in [0.4, 0.5) is 69.3 Å². The van der Waals surface area contributed by atoms with Crippen LogP contribution >= 0.6 is 0 Å². The standard InChI is InChI=1S/2C29H26N6O.2C28H25N7O/c2*1-19-9-12-35(18-19)25-14-20(2)13-24(16-25)32-28(36)22-7-6-21(3)27(15-22)34-29-31-11-8-26(33-29)23-5-4-10-30-17-23;2*1-18-11-23(14-24(12-18)35-16-20(3)31-17-35)32-27(36)21-7-6-19(2)26(13-21)34-28-30-10-8-25(33-28)22-5-4-9-29-15-22/h2*4-18H,1-3H3,(H,32,36)(H,31,33,34);2*4-17H,1-3H3,(H,32,36)(H,30,33,34)/i4D,5D,6D,7D,10D,12D,13D,14D,15D,16D,17D,18D;3D3,4D,5D,6D,7D,10D,13D,14D,15D,16D,17D;2D3,4D,5D,6D,7D,9D,11D,12D,13D,14D,15D;4D,5D,6D,7D,9D,11D,12D,13D,14D,15D. The Kier molecular flexibility index (Phi) is 16.6. The van der Waals surface area contributed by atoms with Crippen molar-refractivity contribution in [3.8, 4) is 67.8 Å². The summed E-state index contributed by atoms with van der Waals surface area (Å²) in [6.07, 6.45) is 9.50. The van der Waals surface area contributed by atoms with Gasteiger partial charge < -0.3 is 60.8 Å². The van der Waals surface area contributed by atoms with Gasteiger partial charge in [-0.3, -0.25) is 39.1 Å². The van der Waals surface area contributed by atoms with Crippen molar-refractivity contribution >= 4 is 92.9 Å². The number of aromatic nitrogens is 18. The summed E-state index contributed by atoms with van der Waals surface area (Å²) in [4.78, 5) is 111. The number of aryl methyl sites for hydroxylation is 4. The molecule has 0 saturated carbocycles. The van der Waals surface area contributed by atoms with Crippen LogP contribution in [0, 0.1) is 82.9 Å². The van der Waals surface area contributed by atoms with E-state index in [2.05, 4.69) is 112 Å². The number of benzene rings is 8. The number of pyridine rings is 4. The first-order valence-corrected chi connectivity index (χ1v) is 42.5. The first-order chi connectivity index (χ1) is 89.8. The fraction of sp³-hybridized carbons (Fsp3) is 0.105. The highest BCUT2D eigenvalue weighted by Crippen LogP contribution is 2.33. The van der Waals surface area contributed by atoms with Gasteiger partial charge in [-0.05, 0) is 344 Å². The minimum Gasteiger partial charge on any atom is -0.324 e. The summed E-state index contributed by atoms with van der Waals surface area (Å²) >= 11 is 0. The molecule has 0 spiro atoms. The van der Waals surface area contributed by atoms with Gasteiger partial charge in [0.2, 0.25) is 23.8 Å². The Morgan fingerprint density at radius 3 is 0.889 bits per heavy atom. The van der Waals surface area contributed by atoms with Crippen molar-refractivity contribution in [2.24, 2.45) is 0 Å². The smallest absolute Gasteiger partial charge is 0.255 e. The van der Waals surface area contributed by atoms with E-state index in [0.29, 0.717) is 17.0 Å². The van der Waals surface area contributed by atoms with Gasteiger partial charge >= 0.3 is 0 Å². The van der Waals surface area contributed by atoms with Gasteiger partial charge in [-0.2, -0.15) is 0 Å². The average Bonchev–Trinajstić information content (AvgIpc) is 1.41. The van der Waals surface area contributed by atoms with Crippen LogP contribution in [-0.2, 0) is 0 Å². The monoisotopic (exact) mass is 1950 g/mol. The maximum Gasteiger partial charge on any atom is 0.255 e. The van der Waals surface area contributed by atoms with Crippen molar-refractivity contribution < 1.29 is 85.0 Å². The molecular weight excluding hydrogens is 1800 g/mol. The van der Waals surface area contributed by atoms with E-state index in [1.165, 1.54) is 117 Å². The van der Waals surface area contributed by atoms with Crippen LogP contribution < -0.4 is 42.5 Å². The van der Waals surface area contributed by atoms with Gasteiger partial charge in [-0.15, -0.1) is 0 Å². The van der Waals surface area contributed by atoms with Crippen molar-refractivity contribution in [3.63, 3.8) is 0 Å². The zero-order valence-electron chi connectivity index (χ0n) is 125. The second kappa shape index (κ2) is 44.5. The number of rotatable bonds is 24. The van der Waals surface area contributed by atoms with E-state index in [-0.39, 0.29) is 214 Å². The Morgan fingerprint density at radius 1 is 0.299 bits per heavy atom. The molecule has 0 aliphatic rings. The van der Waals surface area contributed by atoms with Crippen molar-refractivity contribution in [2.45, 2.75) is 82.9 Å². The van der Waals surface area contributed by atoms with E-state index in [1.807, 2.05) is 0 Å². The molecule has 12 aromatic heterocycles. The van der Waals surface area contributed by atoms with Crippen LogP contribution in [0.1, 0.15) is 174 Å². The van der Waals surface area contributed by atoms with Crippen LogP contribution in [0.2, 0.25) is 0 Å². The summed E-state index contributed by atoms with van der Waals surface area (Å²) in [6.45, 7) is 9.35. The first-order valence-electron chi connectivity index (χ1n) is 66.5. The minimum atomic E-state index is -3.09. The molecule has 30 nitrogen and oxygen atoms in total. The molecule has 0 aliphatic carbocycles. The average molecular weight is 1950 g/mol. The fourth-order valence-corrected chi connectivity index (χ4v) is 12.7. The van der Waals surface area contributed by atoms with Gasteiger partial charge in [-0.1, -0.05) is 24.2 Å². The van der Waals surface area contributed by atoms with Gasteiger partial charge in [-0.25, -0.2) is 49.8 Å². The summed E-state index contributed by atoms with van der Waals surface area (Å²) in [5.41, 5.74) is -5.00. The number of anilines is 12. The number of carbonyl (C=O) groups is 4. The molecule has 0 saturated heterocycles. The highest BCUT2D eigenvalue weighted by molar-refractivity contribution is 6.08. The quantitative estimate of drug-likeness (QED) is 0.0278. The molecule has 0 unspecified atom stereocenters. The van der Waals surface area contributed by atoms with E-state index in [4.69, 9.17) is 65.8 Å². The summed E-state index contributed by atoms with van der Waals surface area (Å²) in [5.74, 6) is -5.68. The second-order valence-electron chi connectivity index (χ2n) is 30.5. The van der Waals surface area contributed by atoms with Crippen molar-refractivity contribution in [2.75, 3.05) is 42.5 Å². The molecule has 20 aromatic rings. The number of carbonyl (C=O) groups excluding carboxylic acids is 4. The molecule has 4 amide bonds. The summed E-state index contributed by atoms with van der Waals surface area (Å²) in [7, 11) is 0. The lowest BCUT2D eigenvalue weighted by Crippen LogP contribution is -2.13. The molecule has 12 heterocycles. The van der Waals surface area contributed by atoms with Gasteiger partial charge in [0.05, 0.1) is 104 Å². The van der Waals surface area contributed by atoms with Crippen molar-refractivity contribution in [1.82, 2.24) is 88.0 Å². The predicted molar refractivity (Wildman–Crippen MR) is 567 cm³/mol. The SMILES string of the molecule is [2H]c1nc([2H])c(-c2ccnc(Nc3c([2H])c(C(=O)Nc4c([2H])c(C)c([2H])c(-n5c([2H])cc(C)c5[2H])c4[2H])c([2H])c([2H])c3C)n2)c([2H])c1[2H].[2H]c1nc([2H])c(-c2ccnc(Nc3c([2H])c(C(=O)Nc4c([2H])c(C)c([2H])c(-n5ccc(C)c5)c4[2H])c([2H])c([2H])c3C([2H])([2H])[2H])n2)c([2H])c1[2H].[2H]c1nc([2H])c(-c2ccnc(Nc3c([2H])c(C(=O)Nc4c([2H])c(C)c([2H])c(-n5cnc(C)c5)c4[2H])c([2H])c([2H])c3C([2H])([2H])[2H])n2)c([2H])c1[2H].[2H]c1nc([2H])c(-c2ccnc(Nc3c([2H])c(C(=O)Nc4c([2H])c(C)c([2H])c(-n5cnc(C)c5)c4[2H])c([2H])c([2H])c3C)n2)c([2H])c1[2H]. The molecule has 20 rings (SSSR count). The highest BCUT2D eigenvalue weighted by atomic mass is 16.2. The number of amides is 4. The van der Waals surface area contributed by atoms with Crippen molar-refractivity contribution in [1.29, 1.82) is 0 Å². The van der Waals surface area contributed by atoms with E-state index >= 15 is 0 Å². The Bertz CT molecular complexity index is 10800. The molecule has 8 aromatic carbocycles. The lowest BCUT2D eigenvalue weighted by Gasteiger charge is -2.13. The molecule has 0 atom stereocenters. The van der Waals surface area contributed by atoms with Gasteiger partial charge in [0.15, 0.2) is 0 Å². The van der Waals surface area contributed by atoms with Crippen LogP contribution in [0.3, 0.4) is 0 Å². The minimum absolute atomic E-state index is 0.00307. The first kappa shape index (κ1) is 53.6. The lowest BCUT2D eigenvalue weighted by molar-refractivity contribution is 0.101. The number of nitrogens with one attached hydrogen (secondary N) is 8. The van der Waals surface area contributed by atoms with Crippen LogP contribution in [0.15, 0.2) is 354 Å². The lowest BCUT2D eigenvalue weighted by atomic mass is 10.1. The third-order valence-corrected chi connectivity index (χ3v) is 19.4. The van der Waals surface area contributed by atoms with Gasteiger partial charge in [0, 0.05) is 232 Å². The Balaban J connectivity index is 0.000000167. The number of imidazole rings is 2. The second-order valence-corrected chi connectivity index (χ2v) is 30.5. The maximum absolute atomic E-state index is 13.8. The van der Waals surface area contributed by atoms with E-state index in [0.717, 1.165) is 16.3 Å². The van der Waals surface area contributed by atoms with Crippen molar-refractivity contribution in [3.05, 3.63) is 443 Å². The van der Waals surface area contributed by atoms with E-state index < -0.39 is 282 Å². The van der Waals surface area contributed by atoms with Crippen LogP contribution in [0.25, 0.3) is 67.8 Å². The Labute approximate surface area is 900 Å². The molecule has 712 valence electrons. The number of nitrogens with zero attached hydrogens (tertiary/aromatic N) is 18. The summed E-state index contributed by atoms with van der Waals surface area (Å²) < 4.78 is 405. The molecule has 30 heteroatoms. The Morgan fingerprint density at radius 2 is 0.604 bits per heavy atom. The maximum atomic E-state index is 13.8. The summed E-state index contributed by atoms with van der Waals surface area (Å²) in [5, 5.41) is 20.2. The van der Waals surface area contributed by atoms with E-state index in [1.54, 1.807) is 58.5 Å². The van der Waals surface area contributed by atoms with E-state index in [9.17, 15) is 19.2 Å². The fourth-order valence-electron chi connectivity index (χ4n) is 12.7. The molecule has 144 heavy (non-hydrogen) atoms. The number of hydrogen-bond acceptors (Lipinski definition) is 22. The topological polar surface area (TPSA) is 365 Å². The normalized spacial score (nSPS) is 15.6. The third kappa shape index (κ3) is 25.2. The predicted octanol–water partition coefficient (Wildman–Crippen LogP) is 23.8. The molecular formula is C114H102N26O4. The molecule has 0 aliphatic heterocycles.